The van der Waals surface area contributed by atoms with Crippen molar-refractivity contribution in [1.29, 1.82) is 0 Å². The predicted molar refractivity (Wildman–Crippen MR) is 51.8 cm³/mol. The highest BCUT2D eigenvalue weighted by Crippen LogP contribution is 2.23. The summed E-state index contributed by atoms with van der Waals surface area (Å²) in [4.78, 5) is 0. The van der Waals surface area contributed by atoms with Crippen molar-refractivity contribution in [3.8, 4) is 0 Å². The summed E-state index contributed by atoms with van der Waals surface area (Å²) in [6.45, 7) is 9.11. The van der Waals surface area contributed by atoms with E-state index in [-0.39, 0.29) is 0 Å². The summed E-state index contributed by atoms with van der Waals surface area (Å²) >= 11 is 0. The first-order valence-electron chi connectivity index (χ1n) is 4.79. The third-order valence-corrected chi connectivity index (χ3v) is 2.68. The topological polar surface area (TPSA) is 12.0 Å². The smallest absolute Gasteiger partial charge is 0.0175 e. The van der Waals surface area contributed by atoms with E-state index >= 15 is 0 Å². The summed E-state index contributed by atoms with van der Waals surface area (Å²) in [5.74, 6) is 0.794. The predicted octanol–water partition coefficient (Wildman–Crippen LogP) is 2.81. The number of nitrogens with one attached hydrogen (secondary N) is 1. The molecule has 0 atom stereocenters. The Bertz CT molecular complexity index is 84.8. The Hall–Kier alpha value is -0.0400. The Balaban J connectivity index is 4.05. The molecule has 0 aromatic rings. The highest BCUT2D eigenvalue weighted by molar-refractivity contribution is 4.84. The van der Waals surface area contributed by atoms with Crippen molar-refractivity contribution in [2.45, 2.75) is 52.5 Å². The van der Waals surface area contributed by atoms with Gasteiger partial charge in [0.2, 0.25) is 0 Å². The Labute approximate surface area is 71.6 Å². The summed E-state index contributed by atoms with van der Waals surface area (Å²) < 4.78 is 0. The second kappa shape index (κ2) is 4.76. The zero-order valence-electron chi connectivity index (χ0n) is 8.70. The summed E-state index contributed by atoms with van der Waals surface area (Å²) in [7, 11) is 2.08. The minimum atomic E-state index is 0.397. The molecule has 0 bridgehead atoms. The van der Waals surface area contributed by atoms with Crippen LogP contribution in [0.4, 0.5) is 0 Å². The minimum Gasteiger partial charge on any atom is -0.314 e. The van der Waals surface area contributed by atoms with Gasteiger partial charge in [0.1, 0.15) is 0 Å². The van der Waals surface area contributed by atoms with Crippen molar-refractivity contribution in [3.05, 3.63) is 0 Å². The first kappa shape index (κ1) is 11.0. The summed E-state index contributed by atoms with van der Waals surface area (Å²) in [5, 5.41) is 3.45. The summed E-state index contributed by atoms with van der Waals surface area (Å²) in [6.07, 6.45) is 3.76. The van der Waals surface area contributed by atoms with Gasteiger partial charge in [-0.05, 0) is 32.2 Å². The second-order valence-corrected chi connectivity index (χ2v) is 3.84. The van der Waals surface area contributed by atoms with E-state index in [2.05, 4.69) is 40.1 Å². The van der Waals surface area contributed by atoms with Crippen LogP contribution in [0.3, 0.4) is 0 Å². The molecule has 1 nitrogen and oxygen atoms in total. The van der Waals surface area contributed by atoms with Gasteiger partial charge in [-0.3, -0.25) is 0 Å². The molecule has 1 heteroatoms. The highest BCUT2D eigenvalue weighted by atomic mass is 14.9. The van der Waals surface area contributed by atoms with Gasteiger partial charge in [0, 0.05) is 5.54 Å². The Morgan fingerprint density at radius 3 is 1.73 bits per heavy atom. The lowest BCUT2D eigenvalue weighted by molar-refractivity contribution is 0.266. The van der Waals surface area contributed by atoms with Gasteiger partial charge in [0.25, 0.3) is 0 Å². The molecule has 0 saturated heterocycles. The molecule has 0 aliphatic carbocycles. The monoisotopic (exact) mass is 157 g/mol. The van der Waals surface area contributed by atoms with Gasteiger partial charge in [-0.1, -0.05) is 27.7 Å². The van der Waals surface area contributed by atoms with Crippen LogP contribution in [0.5, 0.6) is 0 Å². The first-order valence-corrected chi connectivity index (χ1v) is 4.79. The van der Waals surface area contributed by atoms with Crippen molar-refractivity contribution < 1.29 is 0 Å². The summed E-state index contributed by atoms with van der Waals surface area (Å²) in [5.41, 5.74) is 0.397. The molecular formula is C10H23N. The SMILES string of the molecule is CCC(CC)(CC(C)C)NC. The molecule has 0 spiro atoms. The molecule has 0 aromatic heterocycles. The maximum atomic E-state index is 3.45. The van der Waals surface area contributed by atoms with E-state index < -0.39 is 0 Å². The molecule has 0 amide bonds. The molecule has 0 aliphatic heterocycles. The number of hydrogen-bond acceptors (Lipinski definition) is 1. The zero-order valence-corrected chi connectivity index (χ0v) is 8.70. The number of hydrogen-bond donors (Lipinski definition) is 1. The average Bonchev–Trinajstić information content (AvgIpc) is 2.00. The normalized spacial score (nSPS) is 12.5. The maximum Gasteiger partial charge on any atom is 0.0175 e. The fourth-order valence-electron chi connectivity index (χ4n) is 1.78. The van der Waals surface area contributed by atoms with E-state index in [1.54, 1.807) is 0 Å². The van der Waals surface area contributed by atoms with E-state index in [0.717, 1.165) is 5.92 Å². The van der Waals surface area contributed by atoms with Crippen LogP contribution in [-0.4, -0.2) is 12.6 Å². The maximum absolute atomic E-state index is 3.45. The summed E-state index contributed by atoms with van der Waals surface area (Å²) in [6, 6.07) is 0. The molecule has 1 N–H and O–H groups in total. The largest absolute Gasteiger partial charge is 0.314 e. The first-order chi connectivity index (χ1) is 5.10. The van der Waals surface area contributed by atoms with Gasteiger partial charge in [-0.25, -0.2) is 0 Å². The van der Waals surface area contributed by atoms with Gasteiger partial charge in [-0.15, -0.1) is 0 Å². The van der Waals surface area contributed by atoms with Crippen molar-refractivity contribution in [1.82, 2.24) is 5.32 Å². The average molecular weight is 157 g/mol. The molecule has 0 rings (SSSR count). The van der Waals surface area contributed by atoms with Gasteiger partial charge in [0.05, 0.1) is 0 Å². The quantitative estimate of drug-likeness (QED) is 0.647. The highest BCUT2D eigenvalue weighted by Gasteiger charge is 2.24. The Morgan fingerprint density at radius 2 is 1.64 bits per heavy atom. The minimum absolute atomic E-state index is 0.397. The van der Waals surface area contributed by atoms with Crippen LogP contribution in [0, 0.1) is 5.92 Å². The molecule has 0 aromatic carbocycles. The molecule has 0 aliphatic rings. The van der Waals surface area contributed by atoms with Crippen LogP contribution in [0.1, 0.15) is 47.0 Å². The van der Waals surface area contributed by atoms with E-state index in [4.69, 9.17) is 0 Å². The third-order valence-electron chi connectivity index (χ3n) is 2.68. The van der Waals surface area contributed by atoms with E-state index in [0.29, 0.717) is 5.54 Å². The lowest BCUT2D eigenvalue weighted by Gasteiger charge is -2.33. The molecule has 0 heterocycles. The zero-order chi connectivity index (χ0) is 8.91. The second-order valence-electron chi connectivity index (χ2n) is 3.84. The van der Waals surface area contributed by atoms with Crippen LogP contribution in [0.25, 0.3) is 0 Å². The van der Waals surface area contributed by atoms with Crippen LogP contribution in [-0.2, 0) is 0 Å². The fraction of sp³-hybridized carbons (Fsp3) is 1.00. The van der Waals surface area contributed by atoms with Crippen molar-refractivity contribution in [3.63, 3.8) is 0 Å². The number of rotatable bonds is 5. The van der Waals surface area contributed by atoms with Crippen LogP contribution >= 0.6 is 0 Å². The molecule has 0 unspecified atom stereocenters. The van der Waals surface area contributed by atoms with Crippen LogP contribution in [0.2, 0.25) is 0 Å². The van der Waals surface area contributed by atoms with Gasteiger partial charge in [-0.2, -0.15) is 0 Å². The molecule has 0 radical (unpaired) electrons. The van der Waals surface area contributed by atoms with Gasteiger partial charge >= 0.3 is 0 Å². The van der Waals surface area contributed by atoms with Crippen molar-refractivity contribution in [2.24, 2.45) is 5.92 Å². The van der Waals surface area contributed by atoms with Gasteiger partial charge < -0.3 is 5.32 Å². The van der Waals surface area contributed by atoms with Gasteiger partial charge in [0.15, 0.2) is 0 Å². The van der Waals surface area contributed by atoms with E-state index in [9.17, 15) is 0 Å². The van der Waals surface area contributed by atoms with E-state index in [1.165, 1.54) is 19.3 Å². The molecule has 0 saturated carbocycles. The lowest BCUT2D eigenvalue weighted by Crippen LogP contribution is -2.42. The third kappa shape index (κ3) is 3.24. The molecule has 68 valence electrons. The van der Waals surface area contributed by atoms with Crippen LogP contribution < -0.4 is 5.32 Å². The van der Waals surface area contributed by atoms with E-state index in [1.807, 2.05) is 0 Å². The Morgan fingerprint density at radius 1 is 1.18 bits per heavy atom. The Kier molecular flexibility index (Phi) is 4.74. The molecule has 0 fully saturated rings. The standard InChI is InChI=1S/C10H23N/c1-6-10(7-2,11-5)8-9(3)4/h9,11H,6-8H2,1-5H3. The van der Waals surface area contributed by atoms with Crippen LogP contribution in [0.15, 0.2) is 0 Å². The van der Waals surface area contributed by atoms with Crippen molar-refractivity contribution >= 4 is 0 Å². The fourth-order valence-corrected chi connectivity index (χ4v) is 1.78. The lowest BCUT2D eigenvalue weighted by atomic mass is 9.84. The molecule has 11 heavy (non-hydrogen) atoms. The van der Waals surface area contributed by atoms with Crippen molar-refractivity contribution in [2.75, 3.05) is 7.05 Å². The molecular weight excluding hydrogens is 134 g/mol.